The predicted octanol–water partition coefficient (Wildman–Crippen LogP) is 4.84. The second-order valence-electron chi connectivity index (χ2n) is 6.52. The molecule has 0 spiro atoms. The van der Waals surface area contributed by atoms with Gasteiger partial charge in [0.2, 0.25) is 5.91 Å². The van der Waals surface area contributed by atoms with Crippen LogP contribution in [0.25, 0.3) is 0 Å². The molecule has 1 aliphatic carbocycles. The maximum absolute atomic E-state index is 12.3. The third-order valence-corrected chi connectivity index (χ3v) is 6.67. The zero-order valence-electron chi connectivity index (χ0n) is 13.6. The third-order valence-electron chi connectivity index (χ3n) is 4.88. The summed E-state index contributed by atoms with van der Waals surface area (Å²) in [5.41, 5.74) is 3.41. The molecule has 1 fully saturated rings. The number of nitrogens with one attached hydrogen (secondary N) is 1. The number of rotatable bonds is 2. The van der Waals surface area contributed by atoms with Gasteiger partial charge in [0.1, 0.15) is 5.82 Å². The molecule has 4 rings (SSSR count). The van der Waals surface area contributed by atoms with Crippen molar-refractivity contribution >= 4 is 39.4 Å². The summed E-state index contributed by atoms with van der Waals surface area (Å²) >= 11 is 5.18. The van der Waals surface area contributed by atoms with Crippen LogP contribution in [0.2, 0.25) is 0 Å². The lowest BCUT2D eigenvalue weighted by atomic mass is 10.0. The molecule has 4 nitrogen and oxygen atoms in total. The topological polar surface area (TPSA) is 46.9 Å². The first-order valence-electron chi connectivity index (χ1n) is 8.39. The Bertz CT molecular complexity index is 765. The second-order valence-corrected chi connectivity index (χ2v) is 8.53. The van der Waals surface area contributed by atoms with Crippen molar-refractivity contribution in [3.8, 4) is 0 Å². The lowest BCUT2D eigenvalue weighted by molar-refractivity contribution is -0.113. The zero-order valence-corrected chi connectivity index (χ0v) is 16.0. The molecule has 2 heterocycles. The van der Waals surface area contributed by atoms with Gasteiger partial charge in [0.05, 0.1) is 22.7 Å². The van der Waals surface area contributed by atoms with Crippen LogP contribution in [0.5, 0.6) is 0 Å². The van der Waals surface area contributed by atoms with Gasteiger partial charge in [-0.05, 0) is 37.5 Å². The number of aryl methyl sites for hydroxylation is 1. The Morgan fingerprint density at radius 2 is 1.96 bits per heavy atom. The van der Waals surface area contributed by atoms with E-state index in [0.717, 1.165) is 28.8 Å². The Balaban J connectivity index is 1.82. The van der Waals surface area contributed by atoms with Crippen LogP contribution >= 0.6 is 27.7 Å². The summed E-state index contributed by atoms with van der Waals surface area (Å²) in [6.07, 6.45) is 4.80. The van der Waals surface area contributed by atoms with Gasteiger partial charge in [-0.1, -0.05) is 40.9 Å². The summed E-state index contributed by atoms with van der Waals surface area (Å²) in [6, 6.07) is 8.81. The molecule has 1 atom stereocenters. The van der Waals surface area contributed by atoms with Gasteiger partial charge in [0.15, 0.2) is 0 Å². The van der Waals surface area contributed by atoms with E-state index in [9.17, 15) is 4.79 Å². The van der Waals surface area contributed by atoms with Gasteiger partial charge in [-0.25, -0.2) is 4.68 Å². The average molecular weight is 406 g/mol. The number of nitrogens with zero attached hydrogens (tertiary/aromatic N) is 2. The summed E-state index contributed by atoms with van der Waals surface area (Å²) in [5, 5.41) is 8.10. The number of halogens is 1. The molecule has 6 heteroatoms. The molecular weight excluding hydrogens is 386 g/mol. The van der Waals surface area contributed by atoms with E-state index in [1.54, 1.807) is 11.8 Å². The Morgan fingerprint density at radius 1 is 1.25 bits per heavy atom. The van der Waals surface area contributed by atoms with Crippen molar-refractivity contribution < 1.29 is 4.79 Å². The standard InChI is InChI=1S/C18H20BrN3OS/c1-11-16-17(12-6-8-13(19)9-7-12)24-10-15(23)20-18(16)22(21-11)14-4-2-3-5-14/h6-9,14,17H,2-5,10H2,1H3,(H,20,23)/t17-/m0/s1. The molecule has 0 radical (unpaired) electrons. The first-order chi connectivity index (χ1) is 11.6. The summed E-state index contributed by atoms with van der Waals surface area (Å²) in [6.45, 7) is 2.06. The highest BCUT2D eigenvalue weighted by atomic mass is 79.9. The molecule has 1 amide bonds. The second kappa shape index (κ2) is 6.56. The van der Waals surface area contributed by atoms with Gasteiger partial charge in [-0.2, -0.15) is 5.10 Å². The van der Waals surface area contributed by atoms with Gasteiger partial charge in [0.25, 0.3) is 0 Å². The van der Waals surface area contributed by atoms with E-state index in [1.807, 2.05) is 0 Å². The summed E-state index contributed by atoms with van der Waals surface area (Å²) in [4.78, 5) is 12.3. The van der Waals surface area contributed by atoms with Crippen LogP contribution in [0.15, 0.2) is 28.7 Å². The van der Waals surface area contributed by atoms with E-state index in [0.29, 0.717) is 11.8 Å². The highest BCUT2D eigenvalue weighted by Gasteiger charge is 2.32. The lowest BCUT2D eigenvalue weighted by Crippen LogP contribution is -2.18. The number of amides is 1. The number of anilines is 1. The molecule has 1 aromatic carbocycles. The van der Waals surface area contributed by atoms with Crippen LogP contribution in [0.4, 0.5) is 5.82 Å². The monoisotopic (exact) mass is 405 g/mol. The molecule has 1 aliphatic heterocycles. The van der Waals surface area contributed by atoms with Crippen LogP contribution in [0, 0.1) is 6.92 Å². The van der Waals surface area contributed by atoms with E-state index < -0.39 is 0 Å². The Morgan fingerprint density at radius 3 is 2.67 bits per heavy atom. The van der Waals surface area contributed by atoms with Gasteiger partial charge in [0, 0.05) is 10.0 Å². The number of carbonyl (C=O) groups is 1. The highest BCUT2D eigenvalue weighted by Crippen LogP contribution is 2.45. The minimum Gasteiger partial charge on any atom is -0.310 e. The quantitative estimate of drug-likeness (QED) is 0.776. The highest BCUT2D eigenvalue weighted by molar-refractivity contribution is 9.10. The average Bonchev–Trinajstić information content (AvgIpc) is 3.15. The number of fused-ring (bicyclic) bond motifs is 1. The molecule has 0 bridgehead atoms. The summed E-state index contributed by atoms with van der Waals surface area (Å²) in [5.74, 6) is 1.46. The number of hydrogen-bond donors (Lipinski definition) is 1. The van der Waals surface area contributed by atoms with Crippen molar-refractivity contribution in [2.45, 2.75) is 43.9 Å². The van der Waals surface area contributed by atoms with E-state index in [4.69, 9.17) is 5.10 Å². The molecular formula is C18H20BrN3OS. The maximum Gasteiger partial charge on any atom is 0.235 e. The van der Waals surface area contributed by atoms with Crippen LogP contribution in [0.1, 0.15) is 53.8 Å². The molecule has 1 aromatic heterocycles. The lowest BCUT2D eigenvalue weighted by Gasteiger charge is -2.17. The SMILES string of the molecule is Cc1nn(C2CCCC2)c2c1[C@H](c1ccc(Br)cc1)SCC(=O)N2. The van der Waals surface area contributed by atoms with Crippen LogP contribution in [-0.4, -0.2) is 21.4 Å². The molecule has 0 unspecified atom stereocenters. The third kappa shape index (κ3) is 2.90. The largest absolute Gasteiger partial charge is 0.310 e. The van der Waals surface area contributed by atoms with Gasteiger partial charge >= 0.3 is 0 Å². The first kappa shape index (κ1) is 16.2. The Kier molecular flexibility index (Phi) is 4.43. The van der Waals surface area contributed by atoms with Crippen LogP contribution in [0.3, 0.4) is 0 Å². The van der Waals surface area contributed by atoms with E-state index in [-0.39, 0.29) is 11.2 Å². The molecule has 2 aromatic rings. The van der Waals surface area contributed by atoms with Crippen LogP contribution < -0.4 is 5.32 Å². The fraction of sp³-hybridized carbons (Fsp3) is 0.444. The summed E-state index contributed by atoms with van der Waals surface area (Å²) < 4.78 is 3.16. The first-order valence-corrected chi connectivity index (χ1v) is 10.2. The van der Waals surface area contributed by atoms with E-state index in [1.165, 1.54) is 24.0 Å². The van der Waals surface area contributed by atoms with Crippen molar-refractivity contribution in [2.24, 2.45) is 0 Å². The van der Waals surface area contributed by atoms with Crippen molar-refractivity contribution in [3.63, 3.8) is 0 Å². The fourth-order valence-electron chi connectivity index (χ4n) is 3.72. The minimum absolute atomic E-state index is 0.0695. The number of benzene rings is 1. The number of thioether (sulfide) groups is 1. The van der Waals surface area contributed by atoms with Gasteiger partial charge in [-0.3, -0.25) is 4.79 Å². The van der Waals surface area contributed by atoms with E-state index >= 15 is 0 Å². The van der Waals surface area contributed by atoms with Crippen molar-refractivity contribution in [3.05, 3.63) is 45.6 Å². The van der Waals surface area contributed by atoms with Crippen molar-refractivity contribution in [2.75, 3.05) is 11.1 Å². The van der Waals surface area contributed by atoms with Crippen molar-refractivity contribution in [1.29, 1.82) is 0 Å². The molecule has 126 valence electrons. The number of hydrogen-bond acceptors (Lipinski definition) is 3. The summed E-state index contributed by atoms with van der Waals surface area (Å²) in [7, 11) is 0. The number of carbonyl (C=O) groups excluding carboxylic acids is 1. The Hall–Kier alpha value is -1.27. The predicted molar refractivity (Wildman–Crippen MR) is 102 cm³/mol. The van der Waals surface area contributed by atoms with E-state index in [2.05, 4.69) is 57.1 Å². The maximum atomic E-state index is 12.3. The Labute approximate surface area is 154 Å². The van der Waals surface area contributed by atoms with Gasteiger partial charge in [-0.15, -0.1) is 11.8 Å². The molecule has 24 heavy (non-hydrogen) atoms. The molecule has 0 saturated heterocycles. The van der Waals surface area contributed by atoms with Gasteiger partial charge < -0.3 is 5.32 Å². The fourth-order valence-corrected chi connectivity index (χ4v) is 5.18. The normalized spacial score (nSPS) is 21.4. The minimum atomic E-state index is 0.0695. The zero-order chi connectivity index (χ0) is 16.7. The van der Waals surface area contributed by atoms with Crippen molar-refractivity contribution in [1.82, 2.24) is 9.78 Å². The molecule has 1 N–H and O–H groups in total. The number of aromatic nitrogens is 2. The smallest absolute Gasteiger partial charge is 0.235 e. The van der Waals surface area contributed by atoms with Crippen LogP contribution in [-0.2, 0) is 4.79 Å². The molecule has 2 aliphatic rings. The molecule has 1 saturated carbocycles.